The first-order chi connectivity index (χ1) is 9.86. The molecule has 0 bridgehead atoms. The number of fused-ring (bicyclic) bond motifs is 1. The van der Waals surface area contributed by atoms with Crippen molar-refractivity contribution in [3.8, 4) is 0 Å². The Balaban J connectivity index is 2.26. The lowest BCUT2D eigenvalue weighted by atomic mass is 9.94. The highest BCUT2D eigenvalue weighted by Gasteiger charge is 2.52. The lowest BCUT2D eigenvalue weighted by Crippen LogP contribution is -2.34. The average molecular weight is 300 g/mol. The third-order valence-corrected chi connectivity index (χ3v) is 7.21. The maximum atomic E-state index is 13.5. The minimum absolute atomic E-state index is 0.500. The molecule has 1 heterocycles. The molecular weight excluding hydrogens is 283 g/mol. The van der Waals surface area contributed by atoms with Crippen LogP contribution in [0.5, 0.6) is 0 Å². The lowest BCUT2D eigenvalue weighted by molar-refractivity contribution is 0.0723. The summed E-state index contributed by atoms with van der Waals surface area (Å²) in [7, 11) is -3.32. The van der Waals surface area contributed by atoms with Crippen LogP contribution in [0, 0.1) is 6.92 Å². The quantitative estimate of drug-likeness (QED) is 0.748. The van der Waals surface area contributed by atoms with Crippen molar-refractivity contribution in [3.05, 3.63) is 65.2 Å². The van der Waals surface area contributed by atoms with Crippen molar-refractivity contribution in [1.82, 2.24) is 0 Å². The fraction of sp³-hybridized carbons (Fsp3) is 0.235. The highest BCUT2D eigenvalue weighted by molar-refractivity contribution is 7.68. The molecule has 4 heteroatoms. The molecule has 0 saturated carbocycles. The van der Waals surface area contributed by atoms with Crippen molar-refractivity contribution in [1.29, 1.82) is 0 Å². The minimum Gasteiger partial charge on any atom is -0.404 e. The van der Waals surface area contributed by atoms with Crippen molar-refractivity contribution in [3.63, 3.8) is 0 Å². The van der Waals surface area contributed by atoms with Crippen LogP contribution in [0.3, 0.4) is 0 Å². The summed E-state index contributed by atoms with van der Waals surface area (Å²) in [6.07, 6.45) is 0. The number of hydrogen-bond acceptors (Lipinski definition) is 3. The first kappa shape index (κ1) is 14.1. The zero-order chi connectivity index (χ0) is 15.3. The van der Waals surface area contributed by atoms with Crippen molar-refractivity contribution >= 4 is 18.6 Å². The second-order valence-corrected chi connectivity index (χ2v) is 8.79. The van der Waals surface area contributed by atoms with Crippen molar-refractivity contribution in [2.24, 2.45) is 0 Å². The lowest BCUT2D eigenvalue weighted by Gasteiger charge is -2.39. The number of aryl methyl sites for hydroxylation is 1. The molecule has 0 saturated heterocycles. The van der Waals surface area contributed by atoms with Gasteiger partial charge in [0.1, 0.15) is 0 Å². The smallest absolute Gasteiger partial charge is 0.343 e. The molecule has 0 radical (unpaired) electrons. The van der Waals surface area contributed by atoms with Crippen LogP contribution in [0.1, 0.15) is 35.3 Å². The first-order valence-electron chi connectivity index (χ1n) is 6.87. The first-order valence-corrected chi connectivity index (χ1v) is 8.49. The van der Waals surface area contributed by atoms with Gasteiger partial charge in [-0.15, -0.1) is 0 Å². The molecule has 1 unspecified atom stereocenters. The minimum atomic E-state index is -3.32. The van der Waals surface area contributed by atoms with Crippen LogP contribution in [0.2, 0.25) is 0 Å². The van der Waals surface area contributed by atoms with Gasteiger partial charge in [-0.3, -0.25) is 4.57 Å². The van der Waals surface area contributed by atoms with E-state index in [1.54, 1.807) is 18.2 Å². The maximum Gasteiger partial charge on any atom is 0.343 e. The average Bonchev–Trinajstić information content (AvgIpc) is 2.46. The highest BCUT2D eigenvalue weighted by atomic mass is 31.2. The van der Waals surface area contributed by atoms with E-state index in [1.807, 2.05) is 51.1 Å². The molecule has 0 amide bonds. The molecule has 1 atom stereocenters. The van der Waals surface area contributed by atoms with Crippen LogP contribution in [0.25, 0.3) is 0 Å². The van der Waals surface area contributed by atoms with Crippen LogP contribution in [0.4, 0.5) is 0 Å². The molecule has 0 fully saturated rings. The van der Waals surface area contributed by atoms with E-state index in [-0.39, 0.29) is 0 Å². The third-order valence-electron chi connectivity index (χ3n) is 4.10. The Morgan fingerprint density at radius 2 is 1.71 bits per heavy atom. The fourth-order valence-corrected chi connectivity index (χ4v) is 5.19. The van der Waals surface area contributed by atoms with E-state index in [1.165, 1.54) is 0 Å². The summed E-state index contributed by atoms with van der Waals surface area (Å²) in [5, 5.41) is -0.166. The van der Waals surface area contributed by atoms with Crippen LogP contribution in [-0.2, 0) is 14.2 Å². The molecular formula is C17H17O3P. The summed E-state index contributed by atoms with van der Waals surface area (Å²) >= 11 is 0. The van der Waals surface area contributed by atoms with Gasteiger partial charge in [-0.1, -0.05) is 35.9 Å². The molecule has 2 aromatic rings. The molecule has 2 aromatic carbocycles. The van der Waals surface area contributed by atoms with E-state index in [4.69, 9.17) is 4.52 Å². The Morgan fingerprint density at radius 1 is 1.05 bits per heavy atom. The van der Waals surface area contributed by atoms with E-state index >= 15 is 0 Å². The number of carbonyl (C=O) groups excluding carboxylic acids is 1. The molecule has 3 nitrogen and oxygen atoms in total. The van der Waals surface area contributed by atoms with E-state index in [0.717, 1.165) is 11.1 Å². The van der Waals surface area contributed by atoms with E-state index in [2.05, 4.69) is 0 Å². The van der Waals surface area contributed by atoms with Gasteiger partial charge in [-0.2, -0.15) is 0 Å². The molecule has 108 valence electrons. The molecule has 3 rings (SSSR count). The zero-order valence-corrected chi connectivity index (χ0v) is 13.2. The van der Waals surface area contributed by atoms with Gasteiger partial charge in [-0.05, 0) is 44.5 Å². The van der Waals surface area contributed by atoms with Gasteiger partial charge in [0.05, 0.1) is 10.7 Å². The molecule has 0 aliphatic carbocycles. The Bertz CT molecular complexity index is 763. The van der Waals surface area contributed by atoms with Crippen LogP contribution >= 0.6 is 7.37 Å². The molecule has 0 spiro atoms. The van der Waals surface area contributed by atoms with Gasteiger partial charge in [0.15, 0.2) is 0 Å². The third kappa shape index (κ3) is 1.96. The van der Waals surface area contributed by atoms with Crippen LogP contribution in [0.15, 0.2) is 48.5 Å². The maximum absolute atomic E-state index is 13.5. The topological polar surface area (TPSA) is 43.4 Å². The summed E-state index contributed by atoms with van der Waals surface area (Å²) < 4.78 is 19.0. The van der Waals surface area contributed by atoms with E-state index in [9.17, 15) is 9.36 Å². The van der Waals surface area contributed by atoms with E-state index < -0.39 is 18.5 Å². The molecule has 21 heavy (non-hydrogen) atoms. The Morgan fingerprint density at radius 3 is 2.38 bits per heavy atom. The predicted octanol–water partition coefficient (Wildman–Crippen LogP) is 4.00. The van der Waals surface area contributed by atoms with Gasteiger partial charge >= 0.3 is 5.97 Å². The monoisotopic (exact) mass is 300 g/mol. The predicted molar refractivity (Wildman–Crippen MR) is 83.3 cm³/mol. The summed E-state index contributed by atoms with van der Waals surface area (Å²) in [4.78, 5) is 12.3. The van der Waals surface area contributed by atoms with Crippen LogP contribution < -0.4 is 5.30 Å². The SMILES string of the molecule is Cc1ccc2c(c1)C(=O)OP(=O)(c1ccccc1)C2(C)C. The number of carbonyl (C=O) groups is 1. The summed E-state index contributed by atoms with van der Waals surface area (Å²) in [5.41, 5.74) is 2.29. The van der Waals surface area contributed by atoms with Gasteiger partial charge in [0.25, 0.3) is 7.37 Å². The molecule has 1 aliphatic rings. The fourth-order valence-electron chi connectivity index (χ4n) is 2.80. The number of benzene rings is 2. The largest absolute Gasteiger partial charge is 0.404 e. The standard InChI is InChI=1S/C17H17O3P/c1-12-9-10-15-14(11-12)16(18)20-21(19,17(15,2)3)13-7-5-4-6-8-13/h4-11H,1-3H3. The number of rotatable bonds is 1. The normalized spacial score (nSPS) is 23.3. The Labute approximate surface area is 124 Å². The number of hydrogen-bond donors (Lipinski definition) is 0. The molecule has 1 aliphatic heterocycles. The second kappa shape index (κ2) is 4.57. The Hall–Kier alpha value is -1.86. The van der Waals surface area contributed by atoms with Gasteiger partial charge in [0, 0.05) is 5.30 Å². The summed E-state index contributed by atoms with van der Waals surface area (Å²) in [6.45, 7) is 5.68. The summed E-state index contributed by atoms with van der Waals surface area (Å²) in [6, 6.07) is 14.6. The zero-order valence-electron chi connectivity index (χ0n) is 12.3. The second-order valence-electron chi connectivity index (χ2n) is 5.87. The Kier molecular flexibility index (Phi) is 3.07. The van der Waals surface area contributed by atoms with Crippen molar-refractivity contribution < 1.29 is 13.9 Å². The highest BCUT2D eigenvalue weighted by Crippen LogP contribution is 2.66. The van der Waals surface area contributed by atoms with Gasteiger partial charge < -0.3 is 4.52 Å². The van der Waals surface area contributed by atoms with E-state index in [0.29, 0.717) is 10.9 Å². The molecule has 0 N–H and O–H groups in total. The van der Waals surface area contributed by atoms with Crippen molar-refractivity contribution in [2.75, 3.05) is 0 Å². The van der Waals surface area contributed by atoms with Crippen molar-refractivity contribution in [2.45, 2.75) is 25.9 Å². The summed E-state index contributed by atoms with van der Waals surface area (Å²) in [5.74, 6) is -0.500. The van der Waals surface area contributed by atoms with Crippen LogP contribution in [-0.4, -0.2) is 5.97 Å². The van der Waals surface area contributed by atoms with Gasteiger partial charge in [-0.25, -0.2) is 4.79 Å². The molecule has 0 aromatic heterocycles. The van der Waals surface area contributed by atoms with Gasteiger partial charge in [0.2, 0.25) is 0 Å².